The first-order valence-corrected chi connectivity index (χ1v) is 4.68. The highest BCUT2D eigenvalue weighted by atomic mass is 79.9. The quantitative estimate of drug-likeness (QED) is 0.654. The standard InChI is InChI=1S/C9H10BrN/c10-9-7-4-2-1-3-6(7)5-8(9)11/h1-4,8-9H,5,11H2. The van der Waals surface area contributed by atoms with Crippen molar-refractivity contribution in [2.45, 2.75) is 17.3 Å². The number of hydrogen-bond acceptors (Lipinski definition) is 1. The van der Waals surface area contributed by atoms with E-state index in [1.807, 2.05) is 0 Å². The van der Waals surface area contributed by atoms with Gasteiger partial charge in [0.2, 0.25) is 0 Å². The molecule has 1 aromatic carbocycles. The number of halogens is 1. The molecule has 0 spiro atoms. The maximum absolute atomic E-state index is 5.88. The third-order valence-electron chi connectivity index (χ3n) is 2.18. The average Bonchev–Trinajstić information content (AvgIpc) is 2.30. The van der Waals surface area contributed by atoms with Crippen LogP contribution in [0.5, 0.6) is 0 Å². The topological polar surface area (TPSA) is 26.0 Å². The van der Waals surface area contributed by atoms with Crippen LogP contribution in [-0.4, -0.2) is 6.04 Å². The summed E-state index contributed by atoms with van der Waals surface area (Å²) in [5.41, 5.74) is 8.63. The summed E-state index contributed by atoms with van der Waals surface area (Å²) < 4.78 is 0. The van der Waals surface area contributed by atoms with Crippen LogP contribution >= 0.6 is 15.9 Å². The molecule has 2 atom stereocenters. The monoisotopic (exact) mass is 211 g/mol. The average molecular weight is 212 g/mol. The lowest BCUT2D eigenvalue weighted by Crippen LogP contribution is -2.21. The predicted octanol–water partition coefficient (Wildman–Crippen LogP) is 2.01. The molecule has 1 nitrogen and oxygen atoms in total. The molecule has 1 aliphatic carbocycles. The molecule has 0 fully saturated rings. The molecule has 2 N–H and O–H groups in total. The summed E-state index contributed by atoms with van der Waals surface area (Å²) in [5.74, 6) is 0. The Kier molecular flexibility index (Phi) is 1.74. The second-order valence-electron chi connectivity index (χ2n) is 2.97. The first-order valence-electron chi connectivity index (χ1n) is 3.76. The Hall–Kier alpha value is -0.340. The second-order valence-corrected chi connectivity index (χ2v) is 3.96. The Morgan fingerprint density at radius 3 is 2.82 bits per heavy atom. The Labute approximate surface area is 74.7 Å². The fourth-order valence-electron chi connectivity index (χ4n) is 1.58. The van der Waals surface area contributed by atoms with E-state index in [-0.39, 0.29) is 6.04 Å². The van der Waals surface area contributed by atoms with E-state index in [1.54, 1.807) is 0 Å². The predicted molar refractivity (Wildman–Crippen MR) is 49.8 cm³/mol. The molecule has 0 radical (unpaired) electrons. The SMILES string of the molecule is NC1Cc2ccccc2C1Br. The molecule has 0 bridgehead atoms. The van der Waals surface area contributed by atoms with Gasteiger partial charge in [-0.2, -0.15) is 0 Å². The van der Waals surface area contributed by atoms with Crippen LogP contribution in [0.15, 0.2) is 24.3 Å². The van der Waals surface area contributed by atoms with Crippen molar-refractivity contribution >= 4 is 15.9 Å². The molecular weight excluding hydrogens is 202 g/mol. The molecule has 2 heteroatoms. The van der Waals surface area contributed by atoms with Crippen molar-refractivity contribution in [3.05, 3.63) is 35.4 Å². The van der Waals surface area contributed by atoms with Crippen molar-refractivity contribution in [1.29, 1.82) is 0 Å². The molecule has 2 unspecified atom stereocenters. The zero-order chi connectivity index (χ0) is 7.84. The zero-order valence-electron chi connectivity index (χ0n) is 6.13. The molecule has 0 saturated heterocycles. The van der Waals surface area contributed by atoms with Gasteiger partial charge in [0, 0.05) is 6.04 Å². The minimum Gasteiger partial charge on any atom is -0.326 e. The number of fused-ring (bicyclic) bond motifs is 1. The van der Waals surface area contributed by atoms with E-state index < -0.39 is 0 Å². The molecule has 2 rings (SSSR count). The highest BCUT2D eigenvalue weighted by Gasteiger charge is 2.26. The molecule has 58 valence electrons. The van der Waals surface area contributed by atoms with E-state index in [1.165, 1.54) is 11.1 Å². The third-order valence-corrected chi connectivity index (χ3v) is 3.36. The lowest BCUT2D eigenvalue weighted by molar-refractivity contribution is 0.716. The van der Waals surface area contributed by atoms with Crippen molar-refractivity contribution in [3.63, 3.8) is 0 Å². The number of benzene rings is 1. The van der Waals surface area contributed by atoms with Crippen molar-refractivity contribution in [1.82, 2.24) is 0 Å². The number of rotatable bonds is 0. The van der Waals surface area contributed by atoms with E-state index >= 15 is 0 Å². The van der Waals surface area contributed by atoms with Crippen molar-refractivity contribution in [3.8, 4) is 0 Å². The van der Waals surface area contributed by atoms with E-state index in [4.69, 9.17) is 5.73 Å². The van der Waals surface area contributed by atoms with Gasteiger partial charge in [-0.05, 0) is 17.5 Å². The molecule has 1 aromatic rings. The Bertz CT molecular complexity index is 272. The van der Waals surface area contributed by atoms with Gasteiger partial charge in [-0.25, -0.2) is 0 Å². The Balaban J connectivity index is 2.47. The fraction of sp³-hybridized carbons (Fsp3) is 0.333. The van der Waals surface area contributed by atoms with Crippen LogP contribution in [0.1, 0.15) is 16.0 Å². The lowest BCUT2D eigenvalue weighted by atomic mass is 10.1. The summed E-state index contributed by atoms with van der Waals surface area (Å²) in [6.45, 7) is 0. The van der Waals surface area contributed by atoms with Crippen LogP contribution in [0.4, 0.5) is 0 Å². The maximum atomic E-state index is 5.88. The molecule has 0 amide bonds. The van der Waals surface area contributed by atoms with E-state index in [0.29, 0.717) is 4.83 Å². The van der Waals surface area contributed by atoms with Gasteiger partial charge < -0.3 is 5.73 Å². The molecule has 0 aliphatic heterocycles. The summed E-state index contributed by atoms with van der Waals surface area (Å²) >= 11 is 3.58. The third kappa shape index (κ3) is 1.10. The minimum atomic E-state index is 0.257. The van der Waals surface area contributed by atoms with E-state index in [9.17, 15) is 0 Å². The van der Waals surface area contributed by atoms with Crippen LogP contribution in [0.3, 0.4) is 0 Å². The molecule has 0 saturated carbocycles. The van der Waals surface area contributed by atoms with Gasteiger partial charge in [0.15, 0.2) is 0 Å². The smallest absolute Gasteiger partial charge is 0.0552 e. The Morgan fingerprint density at radius 1 is 1.36 bits per heavy atom. The van der Waals surface area contributed by atoms with Crippen LogP contribution in [0, 0.1) is 0 Å². The molecule has 11 heavy (non-hydrogen) atoms. The molecule has 0 aromatic heterocycles. The fourth-order valence-corrected chi connectivity index (χ4v) is 2.21. The summed E-state index contributed by atoms with van der Waals surface area (Å²) in [5, 5.41) is 0. The van der Waals surface area contributed by atoms with Gasteiger partial charge in [0.25, 0.3) is 0 Å². The first-order chi connectivity index (χ1) is 5.29. The summed E-state index contributed by atoms with van der Waals surface area (Å²) in [7, 11) is 0. The van der Waals surface area contributed by atoms with Gasteiger partial charge in [-0.1, -0.05) is 40.2 Å². The van der Waals surface area contributed by atoms with Gasteiger partial charge >= 0.3 is 0 Å². The van der Waals surface area contributed by atoms with Crippen LogP contribution in [0.25, 0.3) is 0 Å². The van der Waals surface area contributed by atoms with Crippen molar-refractivity contribution in [2.75, 3.05) is 0 Å². The van der Waals surface area contributed by atoms with Crippen LogP contribution in [0.2, 0.25) is 0 Å². The van der Waals surface area contributed by atoms with Gasteiger partial charge in [-0.3, -0.25) is 0 Å². The molecule has 0 heterocycles. The summed E-state index contributed by atoms with van der Waals surface area (Å²) in [4.78, 5) is 0.360. The Morgan fingerprint density at radius 2 is 2.09 bits per heavy atom. The highest BCUT2D eigenvalue weighted by Crippen LogP contribution is 2.36. The van der Waals surface area contributed by atoms with E-state index in [2.05, 4.69) is 40.2 Å². The van der Waals surface area contributed by atoms with Gasteiger partial charge in [-0.15, -0.1) is 0 Å². The number of alkyl halides is 1. The maximum Gasteiger partial charge on any atom is 0.0552 e. The largest absolute Gasteiger partial charge is 0.326 e. The molecular formula is C9H10BrN. The molecule has 1 aliphatic rings. The normalized spacial score (nSPS) is 28.5. The number of hydrogen-bond donors (Lipinski definition) is 1. The summed E-state index contributed by atoms with van der Waals surface area (Å²) in [6, 6.07) is 8.67. The summed E-state index contributed by atoms with van der Waals surface area (Å²) in [6.07, 6.45) is 1.01. The zero-order valence-corrected chi connectivity index (χ0v) is 7.71. The van der Waals surface area contributed by atoms with Crippen LogP contribution in [-0.2, 0) is 6.42 Å². The van der Waals surface area contributed by atoms with E-state index in [0.717, 1.165) is 6.42 Å². The highest BCUT2D eigenvalue weighted by molar-refractivity contribution is 9.09. The van der Waals surface area contributed by atoms with Gasteiger partial charge in [0.1, 0.15) is 0 Å². The minimum absolute atomic E-state index is 0.257. The van der Waals surface area contributed by atoms with Crippen molar-refractivity contribution < 1.29 is 0 Å². The number of nitrogens with two attached hydrogens (primary N) is 1. The lowest BCUT2D eigenvalue weighted by Gasteiger charge is -2.06. The van der Waals surface area contributed by atoms with Gasteiger partial charge in [0.05, 0.1) is 4.83 Å². The van der Waals surface area contributed by atoms with Crippen molar-refractivity contribution in [2.24, 2.45) is 5.73 Å². The van der Waals surface area contributed by atoms with Crippen LogP contribution < -0.4 is 5.73 Å². The second kappa shape index (κ2) is 2.61. The first kappa shape index (κ1) is 7.32.